The molecule has 180 valence electrons. The van der Waals surface area contributed by atoms with Crippen molar-refractivity contribution in [2.24, 2.45) is 5.92 Å². The fourth-order valence-electron chi connectivity index (χ4n) is 5.48. The van der Waals surface area contributed by atoms with Crippen LogP contribution in [0.5, 0.6) is 0 Å². The van der Waals surface area contributed by atoms with Crippen LogP contribution in [0, 0.1) is 23.1 Å². The number of H-pyrrole nitrogens is 1. The third-order valence-electron chi connectivity index (χ3n) is 7.48. The van der Waals surface area contributed by atoms with E-state index in [0.717, 1.165) is 69.2 Å². The van der Waals surface area contributed by atoms with Gasteiger partial charge in [-0.3, -0.25) is 9.59 Å². The summed E-state index contributed by atoms with van der Waals surface area (Å²) in [6, 6.07) is 15.4. The van der Waals surface area contributed by atoms with Crippen LogP contribution < -0.4 is 0 Å². The lowest BCUT2D eigenvalue weighted by atomic mass is 9.88. The summed E-state index contributed by atoms with van der Waals surface area (Å²) in [5.41, 5.74) is 2.60. The van der Waals surface area contributed by atoms with E-state index in [9.17, 15) is 14.0 Å². The van der Waals surface area contributed by atoms with E-state index in [1.54, 1.807) is 24.3 Å². The number of nitrogens with zero attached hydrogens (tertiary/aromatic N) is 3. The summed E-state index contributed by atoms with van der Waals surface area (Å²) in [5, 5.41) is 10.00. The van der Waals surface area contributed by atoms with Gasteiger partial charge in [0.15, 0.2) is 5.78 Å². The highest BCUT2D eigenvalue weighted by molar-refractivity contribution is 5.99. The first-order valence-electron chi connectivity index (χ1n) is 12.4. The van der Waals surface area contributed by atoms with Gasteiger partial charge in [-0.2, -0.15) is 5.26 Å². The van der Waals surface area contributed by atoms with Gasteiger partial charge in [-0.25, -0.2) is 4.39 Å². The van der Waals surface area contributed by atoms with Crippen molar-refractivity contribution < 1.29 is 14.0 Å². The van der Waals surface area contributed by atoms with E-state index in [2.05, 4.69) is 16.0 Å². The van der Waals surface area contributed by atoms with E-state index in [4.69, 9.17) is 5.26 Å². The molecule has 0 radical (unpaired) electrons. The fraction of sp³-hybridized carbons (Fsp3) is 0.393. The van der Waals surface area contributed by atoms with Crippen LogP contribution in [0.25, 0.3) is 10.9 Å². The number of piperidine rings is 1. The van der Waals surface area contributed by atoms with Gasteiger partial charge in [-0.15, -0.1) is 0 Å². The summed E-state index contributed by atoms with van der Waals surface area (Å²) in [4.78, 5) is 33.6. The molecule has 5 rings (SSSR count). The molecule has 1 N–H and O–H groups in total. The van der Waals surface area contributed by atoms with Crippen molar-refractivity contribution in [1.29, 1.82) is 5.26 Å². The number of rotatable bonds is 6. The molecule has 3 heterocycles. The topological polar surface area (TPSA) is 80.2 Å². The SMILES string of the molecule is N#Cc1ccc2[nH]c(C(=O)N3CCCC3CCN3CCC(C(=O)c4ccc(F)cc4)CC3)cc2c1. The molecule has 1 unspecified atom stereocenters. The van der Waals surface area contributed by atoms with Crippen molar-refractivity contribution in [1.82, 2.24) is 14.8 Å². The van der Waals surface area contributed by atoms with Gasteiger partial charge in [0.25, 0.3) is 5.91 Å². The minimum atomic E-state index is -0.325. The smallest absolute Gasteiger partial charge is 0.270 e. The molecule has 1 aromatic heterocycles. The van der Waals surface area contributed by atoms with E-state index >= 15 is 0 Å². The molecular formula is C28H29FN4O2. The zero-order valence-corrected chi connectivity index (χ0v) is 19.7. The summed E-state index contributed by atoms with van der Waals surface area (Å²) < 4.78 is 13.2. The van der Waals surface area contributed by atoms with Crippen LogP contribution in [0.15, 0.2) is 48.5 Å². The first kappa shape index (κ1) is 23.3. The molecule has 7 heteroatoms. The Labute approximate surface area is 204 Å². The summed E-state index contributed by atoms with van der Waals surface area (Å²) in [5.74, 6) is -0.207. The number of benzene rings is 2. The largest absolute Gasteiger partial charge is 0.351 e. The molecule has 0 saturated carbocycles. The van der Waals surface area contributed by atoms with Gasteiger partial charge >= 0.3 is 0 Å². The summed E-state index contributed by atoms with van der Waals surface area (Å²) in [6.07, 6.45) is 4.54. The third kappa shape index (κ3) is 4.98. The molecule has 6 nitrogen and oxygen atoms in total. The van der Waals surface area contributed by atoms with Gasteiger partial charge in [0.2, 0.25) is 0 Å². The van der Waals surface area contributed by atoms with Crippen molar-refractivity contribution in [2.45, 2.75) is 38.1 Å². The number of Topliss-reactive ketones (excluding diaryl/α,β-unsaturated/α-hetero) is 1. The molecule has 0 bridgehead atoms. The number of carbonyl (C=O) groups excluding carboxylic acids is 2. The fourth-order valence-corrected chi connectivity index (χ4v) is 5.48. The summed E-state index contributed by atoms with van der Waals surface area (Å²) in [6.45, 7) is 3.39. The Morgan fingerprint density at radius 2 is 1.80 bits per heavy atom. The van der Waals surface area contributed by atoms with Crippen molar-refractivity contribution >= 4 is 22.6 Å². The molecule has 3 aromatic rings. The van der Waals surface area contributed by atoms with E-state index in [1.165, 1.54) is 12.1 Å². The lowest BCUT2D eigenvalue weighted by molar-refractivity contribution is 0.0700. The van der Waals surface area contributed by atoms with Gasteiger partial charge in [0.05, 0.1) is 11.6 Å². The first-order chi connectivity index (χ1) is 17.0. The number of likely N-dealkylation sites (tertiary alicyclic amines) is 2. The number of hydrogen-bond donors (Lipinski definition) is 1. The second kappa shape index (κ2) is 10.0. The predicted octanol–water partition coefficient (Wildman–Crippen LogP) is 4.77. The molecule has 35 heavy (non-hydrogen) atoms. The average Bonchev–Trinajstić information content (AvgIpc) is 3.54. The van der Waals surface area contributed by atoms with Gasteiger partial charge < -0.3 is 14.8 Å². The number of amides is 1. The van der Waals surface area contributed by atoms with E-state index in [-0.39, 0.29) is 29.5 Å². The highest BCUT2D eigenvalue weighted by atomic mass is 19.1. The number of halogens is 1. The van der Waals surface area contributed by atoms with Crippen LogP contribution in [0.1, 0.15) is 58.5 Å². The summed E-state index contributed by atoms with van der Waals surface area (Å²) >= 11 is 0. The first-order valence-corrected chi connectivity index (χ1v) is 12.4. The molecule has 1 atom stereocenters. The molecule has 2 aliphatic rings. The Hall–Kier alpha value is -3.50. The average molecular weight is 473 g/mol. The number of ketones is 1. The molecule has 1 amide bonds. The number of carbonyl (C=O) groups is 2. The van der Waals surface area contributed by atoms with Crippen LogP contribution in [0.4, 0.5) is 4.39 Å². The van der Waals surface area contributed by atoms with Crippen LogP contribution in [-0.4, -0.2) is 58.7 Å². The number of fused-ring (bicyclic) bond motifs is 1. The van der Waals surface area contributed by atoms with Gasteiger partial charge in [-0.1, -0.05) is 0 Å². The van der Waals surface area contributed by atoms with E-state index < -0.39 is 0 Å². The Bertz CT molecular complexity index is 1270. The molecule has 2 aliphatic heterocycles. The van der Waals surface area contributed by atoms with Gasteiger partial charge in [0, 0.05) is 41.5 Å². The molecular weight excluding hydrogens is 443 g/mol. The van der Waals surface area contributed by atoms with Crippen molar-refractivity contribution in [3.05, 3.63) is 71.2 Å². The maximum Gasteiger partial charge on any atom is 0.270 e. The Morgan fingerprint density at radius 3 is 2.54 bits per heavy atom. The van der Waals surface area contributed by atoms with Crippen molar-refractivity contribution in [2.75, 3.05) is 26.2 Å². The molecule has 0 spiro atoms. The number of nitrogens with one attached hydrogen (secondary N) is 1. The van der Waals surface area contributed by atoms with Gasteiger partial charge in [0.1, 0.15) is 11.5 Å². The number of nitriles is 1. The van der Waals surface area contributed by atoms with Gasteiger partial charge in [-0.05, 0) is 93.7 Å². The predicted molar refractivity (Wildman–Crippen MR) is 132 cm³/mol. The van der Waals surface area contributed by atoms with Crippen molar-refractivity contribution in [3.63, 3.8) is 0 Å². The molecule has 2 aromatic carbocycles. The quantitative estimate of drug-likeness (QED) is 0.524. The number of hydrogen-bond acceptors (Lipinski definition) is 4. The van der Waals surface area contributed by atoms with Crippen LogP contribution in [0.2, 0.25) is 0 Å². The van der Waals surface area contributed by atoms with Crippen LogP contribution in [-0.2, 0) is 0 Å². The minimum Gasteiger partial charge on any atom is -0.351 e. The maximum absolute atomic E-state index is 13.3. The maximum atomic E-state index is 13.3. The number of aromatic amines is 1. The van der Waals surface area contributed by atoms with E-state index in [0.29, 0.717) is 16.8 Å². The molecule has 2 saturated heterocycles. The lowest BCUT2D eigenvalue weighted by Gasteiger charge is -2.33. The second-order valence-electron chi connectivity index (χ2n) is 9.67. The highest BCUT2D eigenvalue weighted by Gasteiger charge is 2.31. The molecule has 2 fully saturated rings. The minimum absolute atomic E-state index is 0.00942. The normalized spacial score (nSPS) is 19.2. The Morgan fingerprint density at radius 1 is 1.03 bits per heavy atom. The summed E-state index contributed by atoms with van der Waals surface area (Å²) in [7, 11) is 0. The standard InChI is InChI=1S/C28H29FN4O2/c29-23-6-4-20(5-7-23)27(34)21-9-13-32(14-10-21)15-11-24-2-1-12-33(24)28(35)26-17-22-16-19(18-30)3-8-25(22)31-26/h3-8,16-17,21,24,31H,1-2,9-15H2. The lowest BCUT2D eigenvalue weighted by Crippen LogP contribution is -2.41. The highest BCUT2D eigenvalue weighted by Crippen LogP contribution is 2.27. The van der Waals surface area contributed by atoms with E-state index in [1.807, 2.05) is 17.0 Å². The third-order valence-corrected chi connectivity index (χ3v) is 7.48. The van der Waals surface area contributed by atoms with Crippen LogP contribution >= 0.6 is 0 Å². The Balaban J connectivity index is 1.15. The Kier molecular flexibility index (Phi) is 6.65. The number of aromatic nitrogens is 1. The zero-order valence-electron chi connectivity index (χ0n) is 19.7. The monoisotopic (exact) mass is 472 g/mol. The van der Waals surface area contributed by atoms with Crippen LogP contribution in [0.3, 0.4) is 0 Å². The zero-order chi connectivity index (χ0) is 24.4. The second-order valence-corrected chi connectivity index (χ2v) is 9.67. The van der Waals surface area contributed by atoms with Crippen molar-refractivity contribution in [3.8, 4) is 6.07 Å². The molecule has 0 aliphatic carbocycles.